The Labute approximate surface area is 150 Å². The first kappa shape index (κ1) is 17.5. The molecule has 0 spiro atoms. The van der Waals surface area contributed by atoms with E-state index >= 15 is 0 Å². The highest BCUT2D eigenvalue weighted by Crippen LogP contribution is 2.36. The molecule has 2 nitrogen and oxygen atoms in total. The second kappa shape index (κ2) is 6.22. The summed E-state index contributed by atoms with van der Waals surface area (Å²) in [6, 6.07) is 16.4. The molecule has 2 aromatic rings. The van der Waals surface area contributed by atoms with E-state index in [0.717, 1.165) is 16.0 Å². The number of hydrogen-bond acceptors (Lipinski definition) is 2. The van der Waals surface area contributed by atoms with Crippen molar-refractivity contribution in [1.82, 2.24) is 0 Å². The smallest absolute Gasteiger partial charge is 0.399 e. The molecular weight excluding hydrogens is 318 g/mol. The second-order valence-corrected chi connectivity index (χ2v) is 7.91. The molecule has 0 bridgehead atoms. The van der Waals surface area contributed by atoms with Gasteiger partial charge in [0.05, 0.1) is 11.2 Å². The Bertz CT molecular complexity index is 709. The molecule has 1 unspecified atom stereocenters. The van der Waals surface area contributed by atoms with Gasteiger partial charge >= 0.3 is 7.12 Å². The van der Waals surface area contributed by atoms with Crippen LogP contribution in [0.15, 0.2) is 48.5 Å². The molecule has 126 valence electrons. The van der Waals surface area contributed by atoms with Gasteiger partial charge in [-0.3, -0.25) is 0 Å². The first-order valence-electron chi connectivity index (χ1n) is 8.41. The van der Waals surface area contributed by atoms with E-state index in [1.807, 2.05) is 18.2 Å². The van der Waals surface area contributed by atoms with Crippen molar-refractivity contribution in [1.29, 1.82) is 0 Å². The molecule has 2 aromatic carbocycles. The molecule has 1 aliphatic rings. The molecule has 0 amide bonds. The van der Waals surface area contributed by atoms with Crippen LogP contribution in [0.1, 0.15) is 51.7 Å². The molecule has 1 saturated heterocycles. The number of rotatable bonds is 3. The summed E-state index contributed by atoms with van der Waals surface area (Å²) >= 11 is 6.33. The lowest BCUT2D eigenvalue weighted by atomic mass is 9.78. The normalized spacial score (nSPS) is 20.2. The van der Waals surface area contributed by atoms with E-state index in [1.165, 1.54) is 5.56 Å². The lowest BCUT2D eigenvalue weighted by molar-refractivity contribution is 0.00578. The van der Waals surface area contributed by atoms with Crippen LogP contribution in [0.5, 0.6) is 0 Å². The maximum atomic E-state index is 6.33. The Balaban J connectivity index is 1.81. The molecule has 0 aromatic heterocycles. The van der Waals surface area contributed by atoms with Gasteiger partial charge in [-0.05, 0) is 50.4 Å². The van der Waals surface area contributed by atoms with Gasteiger partial charge in [-0.2, -0.15) is 0 Å². The topological polar surface area (TPSA) is 18.5 Å². The van der Waals surface area contributed by atoms with E-state index in [1.54, 1.807) is 0 Å². The molecule has 1 fully saturated rings. The van der Waals surface area contributed by atoms with Crippen LogP contribution < -0.4 is 5.46 Å². The molecular formula is C20H24BClO2. The third kappa shape index (κ3) is 3.13. The quantitative estimate of drug-likeness (QED) is 0.747. The summed E-state index contributed by atoms with van der Waals surface area (Å²) in [5.74, 6) is 0.242. The Morgan fingerprint density at radius 2 is 1.42 bits per heavy atom. The zero-order valence-corrected chi connectivity index (χ0v) is 15.7. The second-order valence-electron chi connectivity index (χ2n) is 7.50. The highest BCUT2D eigenvalue weighted by molar-refractivity contribution is 6.62. The third-order valence-corrected chi connectivity index (χ3v) is 5.68. The van der Waals surface area contributed by atoms with Crippen molar-refractivity contribution in [2.45, 2.75) is 51.7 Å². The van der Waals surface area contributed by atoms with Crippen molar-refractivity contribution >= 4 is 24.2 Å². The summed E-state index contributed by atoms with van der Waals surface area (Å²) in [5.41, 5.74) is 2.78. The van der Waals surface area contributed by atoms with Gasteiger partial charge in [0.2, 0.25) is 0 Å². The van der Waals surface area contributed by atoms with Gasteiger partial charge in [0.15, 0.2) is 0 Å². The Hall–Kier alpha value is -1.29. The maximum absolute atomic E-state index is 6.33. The average molecular weight is 343 g/mol. The van der Waals surface area contributed by atoms with Crippen molar-refractivity contribution in [3.8, 4) is 0 Å². The summed E-state index contributed by atoms with van der Waals surface area (Å²) in [7, 11) is -0.320. The van der Waals surface area contributed by atoms with Crippen LogP contribution in [0.3, 0.4) is 0 Å². The van der Waals surface area contributed by atoms with Crippen LogP contribution in [0.4, 0.5) is 0 Å². The molecule has 1 atom stereocenters. The van der Waals surface area contributed by atoms with Crippen LogP contribution in [0, 0.1) is 0 Å². The van der Waals surface area contributed by atoms with Crippen LogP contribution in [0.2, 0.25) is 5.02 Å². The molecule has 0 radical (unpaired) electrons. The van der Waals surface area contributed by atoms with E-state index in [-0.39, 0.29) is 24.2 Å². The highest BCUT2D eigenvalue weighted by Gasteiger charge is 2.51. The summed E-state index contributed by atoms with van der Waals surface area (Å²) in [6.07, 6.45) is 0. The van der Waals surface area contributed by atoms with Crippen molar-refractivity contribution in [2.75, 3.05) is 0 Å². The first-order chi connectivity index (χ1) is 11.2. The largest absolute Gasteiger partial charge is 0.494 e. The predicted molar refractivity (Wildman–Crippen MR) is 101 cm³/mol. The van der Waals surface area contributed by atoms with Crippen molar-refractivity contribution < 1.29 is 9.31 Å². The summed E-state index contributed by atoms with van der Waals surface area (Å²) in [6.45, 7) is 10.5. The van der Waals surface area contributed by atoms with Gasteiger partial charge in [-0.25, -0.2) is 0 Å². The molecule has 3 rings (SSSR count). The van der Waals surface area contributed by atoms with Gasteiger partial charge in [0.25, 0.3) is 0 Å². The minimum atomic E-state index is -0.320. The predicted octanol–water partition coefficient (Wildman–Crippen LogP) is 4.79. The highest BCUT2D eigenvalue weighted by atomic mass is 35.5. The Morgan fingerprint density at radius 1 is 0.875 bits per heavy atom. The van der Waals surface area contributed by atoms with Gasteiger partial charge in [0.1, 0.15) is 0 Å². The minimum absolute atomic E-state index is 0.242. The number of hydrogen-bond donors (Lipinski definition) is 0. The van der Waals surface area contributed by atoms with E-state index in [9.17, 15) is 0 Å². The minimum Gasteiger partial charge on any atom is -0.399 e. The molecule has 0 N–H and O–H groups in total. The fourth-order valence-electron chi connectivity index (χ4n) is 2.93. The fourth-order valence-corrected chi connectivity index (χ4v) is 3.23. The average Bonchev–Trinajstić information content (AvgIpc) is 2.75. The maximum Gasteiger partial charge on any atom is 0.494 e. The van der Waals surface area contributed by atoms with E-state index in [2.05, 4.69) is 65.0 Å². The lowest BCUT2D eigenvalue weighted by Crippen LogP contribution is -2.41. The first-order valence-corrected chi connectivity index (χ1v) is 8.79. The summed E-state index contributed by atoms with van der Waals surface area (Å²) < 4.78 is 12.2. The van der Waals surface area contributed by atoms with Crippen LogP contribution in [-0.2, 0) is 9.31 Å². The van der Waals surface area contributed by atoms with Gasteiger partial charge in [-0.15, -0.1) is 0 Å². The number of benzene rings is 2. The lowest BCUT2D eigenvalue weighted by Gasteiger charge is -2.32. The summed E-state index contributed by atoms with van der Waals surface area (Å²) in [5, 5.41) is 0.806. The van der Waals surface area contributed by atoms with Crippen LogP contribution in [0.25, 0.3) is 0 Å². The molecule has 1 aliphatic heterocycles. The van der Waals surface area contributed by atoms with Gasteiger partial charge in [0, 0.05) is 10.9 Å². The molecule has 0 aliphatic carbocycles. The van der Waals surface area contributed by atoms with E-state index in [0.29, 0.717) is 0 Å². The molecule has 4 heteroatoms. The zero-order chi connectivity index (χ0) is 17.5. The number of halogens is 1. The van der Waals surface area contributed by atoms with Gasteiger partial charge < -0.3 is 9.31 Å². The molecule has 1 heterocycles. The SMILES string of the molecule is CC(c1ccc(B2OC(C)(C)C(C)(C)O2)cc1)c1ccccc1Cl. The summed E-state index contributed by atoms with van der Waals surface area (Å²) in [4.78, 5) is 0. The standard InChI is InChI=1S/C20H24BClO2/c1-14(17-8-6-7-9-18(17)22)15-10-12-16(13-11-15)21-23-19(2,3)20(4,5)24-21/h6-14H,1-5H3. The monoisotopic (exact) mass is 342 g/mol. The molecule has 24 heavy (non-hydrogen) atoms. The van der Waals surface area contributed by atoms with Crippen molar-refractivity contribution in [2.24, 2.45) is 0 Å². The van der Waals surface area contributed by atoms with Gasteiger partial charge in [-0.1, -0.05) is 61.0 Å². The Morgan fingerprint density at radius 3 is 1.96 bits per heavy atom. The van der Waals surface area contributed by atoms with Crippen LogP contribution >= 0.6 is 11.6 Å². The fraction of sp³-hybridized carbons (Fsp3) is 0.400. The zero-order valence-electron chi connectivity index (χ0n) is 15.0. The third-order valence-electron chi connectivity index (χ3n) is 5.33. The van der Waals surface area contributed by atoms with Crippen molar-refractivity contribution in [3.05, 3.63) is 64.7 Å². The molecule has 0 saturated carbocycles. The Kier molecular flexibility index (Phi) is 4.54. The van der Waals surface area contributed by atoms with E-state index in [4.69, 9.17) is 20.9 Å². The van der Waals surface area contributed by atoms with E-state index < -0.39 is 0 Å². The van der Waals surface area contributed by atoms with Crippen LogP contribution in [-0.4, -0.2) is 18.3 Å². The van der Waals surface area contributed by atoms with Crippen molar-refractivity contribution in [3.63, 3.8) is 0 Å².